The molecule has 1 aliphatic heterocycles. The summed E-state index contributed by atoms with van der Waals surface area (Å²) in [5.41, 5.74) is 0.843. The zero-order chi connectivity index (χ0) is 18.7. The van der Waals surface area contributed by atoms with E-state index in [1.165, 1.54) is 4.90 Å². The highest BCUT2D eigenvalue weighted by Crippen LogP contribution is 2.19. The second-order valence-corrected chi connectivity index (χ2v) is 8.77. The molecule has 1 heterocycles. The van der Waals surface area contributed by atoms with Crippen LogP contribution in [-0.2, 0) is 30.6 Å². The third kappa shape index (κ3) is 4.22. The van der Waals surface area contributed by atoms with Gasteiger partial charge in [-0.15, -0.1) is 0 Å². The summed E-state index contributed by atoms with van der Waals surface area (Å²) in [5.74, 6) is -0.810. The van der Waals surface area contributed by atoms with Crippen molar-refractivity contribution in [3.05, 3.63) is 48.0 Å². The van der Waals surface area contributed by atoms with Crippen molar-refractivity contribution < 1.29 is 22.7 Å². The molecular formula is C19H21NO5S. The summed E-state index contributed by atoms with van der Waals surface area (Å²) in [6, 6.07) is 13.1. The number of hydrogen-bond donors (Lipinski definition) is 0. The molecule has 1 fully saturated rings. The number of rotatable bonds is 5. The molecule has 0 bridgehead atoms. The molecule has 0 spiro atoms. The van der Waals surface area contributed by atoms with Gasteiger partial charge in [0.15, 0.2) is 16.4 Å². The van der Waals surface area contributed by atoms with Gasteiger partial charge in [-0.05, 0) is 22.8 Å². The molecule has 1 saturated heterocycles. The van der Waals surface area contributed by atoms with Gasteiger partial charge in [0, 0.05) is 13.1 Å². The largest absolute Gasteiger partial charge is 0.455 e. The minimum Gasteiger partial charge on any atom is -0.455 e. The number of ether oxygens (including phenoxy) is 1. The monoisotopic (exact) mass is 375 g/mol. The zero-order valence-corrected chi connectivity index (χ0v) is 15.4. The zero-order valence-electron chi connectivity index (χ0n) is 14.6. The van der Waals surface area contributed by atoms with Crippen LogP contribution in [0.25, 0.3) is 10.8 Å². The Bertz CT molecular complexity index is 933. The van der Waals surface area contributed by atoms with Gasteiger partial charge < -0.3 is 9.64 Å². The summed E-state index contributed by atoms with van der Waals surface area (Å²) >= 11 is 0. The standard InChI is InChI=1S/C19H21NO5S/c1-20(16-9-10-26(23,24)13-16)18(21)12-25-19(22)11-15-7-4-6-14-5-2-3-8-17(14)15/h2-8,16H,9-13H2,1H3/t16-/m0/s1. The van der Waals surface area contributed by atoms with E-state index in [1.807, 2.05) is 42.5 Å². The molecule has 7 heteroatoms. The highest BCUT2D eigenvalue weighted by atomic mass is 32.2. The van der Waals surface area contributed by atoms with E-state index < -0.39 is 21.7 Å². The maximum absolute atomic E-state index is 12.2. The minimum absolute atomic E-state index is 0.0286. The van der Waals surface area contributed by atoms with Crippen molar-refractivity contribution in [1.82, 2.24) is 4.90 Å². The lowest BCUT2D eigenvalue weighted by Crippen LogP contribution is -2.40. The summed E-state index contributed by atoms with van der Waals surface area (Å²) in [6.07, 6.45) is 0.505. The van der Waals surface area contributed by atoms with Gasteiger partial charge in [0.05, 0.1) is 17.9 Å². The van der Waals surface area contributed by atoms with Crippen LogP contribution >= 0.6 is 0 Å². The lowest BCUT2D eigenvalue weighted by atomic mass is 10.0. The summed E-state index contributed by atoms with van der Waals surface area (Å²) in [4.78, 5) is 25.7. The van der Waals surface area contributed by atoms with Gasteiger partial charge in [-0.25, -0.2) is 8.42 Å². The predicted molar refractivity (Wildman–Crippen MR) is 98.4 cm³/mol. The predicted octanol–water partition coefficient (Wildman–Crippen LogP) is 1.57. The molecule has 3 rings (SSSR count). The summed E-state index contributed by atoms with van der Waals surface area (Å²) in [5, 5.41) is 2.02. The van der Waals surface area contributed by atoms with E-state index in [0.717, 1.165) is 16.3 Å². The number of nitrogens with zero attached hydrogens (tertiary/aromatic N) is 1. The summed E-state index contributed by atoms with van der Waals surface area (Å²) in [6.45, 7) is -0.378. The Balaban J connectivity index is 1.56. The maximum atomic E-state index is 12.2. The van der Waals surface area contributed by atoms with Gasteiger partial charge in [0.2, 0.25) is 0 Å². The van der Waals surface area contributed by atoms with Gasteiger partial charge in [-0.2, -0.15) is 0 Å². The van der Waals surface area contributed by atoms with Crippen molar-refractivity contribution >= 4 is 32.5 Å². The van der Waals surface area contributed by atoms with Crippen LogP contribution in [0.2, 0.25) is 0 Å². The third-order valence-electron chi connectivity index (χ3n) is 4.72. The van der Waals surface area contributed by atoms with Crippen molar-refractivity contribution in [2.75, 3.05) is 25.2 Å². The topological polar surface area (TPSA) is 80.8 Å². The quantitative estimate of drug-likeness (QED) is 0.741. The number of benzene rings is 2. The number of carbonyl (C=O) groups excluding carboxylic acids is 2. The Morgan fingerprint density at radius 1 is 1.15 bits per heavy atom. The number of sulfone groups is 1. The first-order chi connectivity index (χ1) is 12.4. The van der Waals surface area contributed by atoms with Crippen molar-refractivity contribution in [2.45, 2.75) is 18.9 Å². The highest BCUT2D eigenvalue weighted by Gasteiger charge is 2.32. The van der Waals surface area contributed by atoms with E-state index in [9.17, 15) is 18.0 Å². The van der Waals surface area contributed by atoms with Crippen LogP contribution in [0.1, 0.15) is 12.0 Å². The fraction of sp³-hybridized carbons (Fsp3) is 0.368. The van der Waals surface area contributed by atoms with Crippen LogP contribution < -0.4 is 0 Å². The molecule has 1 amide bonds. The number of likely N-dealkylation sites (N-methyl/N-ethyl adjacent to an activating group) is 1. The second kappa shape index (κ2) is 7.45. The molecule has 0 aliphatic carbocycles. The third-order valence-corrected chi connectivity index (χ3v) is 6.47. The lowest BCUT2D eigenvalue weighted by Gasteiger charge is -2.23. The maximum Gasteiger partial charge on any atom is 0.310 e. The van der Waals surface area contributed by atoms with E-state index in [1.54, 1.807) is 7.05 Å². The Kier molecular flexibility index (Phi) is 5.27. The molecule has 0 radical (unpaired) electrons. The molecule has 6 nitrogen and oxygen atoms in total. The van der Waals surface area contributed by atoms with Crippen LogP contribution in [0.5, 0.6) is 0 Å². The Labute approximate surface area is 152 Å². The highest BCUT2D eigenvalue weighted by molar-refractivity contribution is 7.91. The average molecular weight is 375 g/mol. The SMILES string of the molecule is CN(C(=O)COC(=O)Cc1cccc2ccccc12)[C@H]1CCS(=O)(=O)C1. The fourth-order valence-corrected chi connectivity index (χ4v) is 4.96. The van der Waals surface area contributed by atoms with Crippen LogP contribution in [-0.4, -0.2) is 56.4 Å². The van der Waals surface area contributed by atoms with Crippen molar-refractivity contribution in [3.63, 3.8) is 0 Å². The molecular weight excluding hydrogens is 354 g/mol. The molecule has 1 aliphatic rings. The smallest absolute Gasteiger partial charge is 0.310 e. The van der Waals surface area contributed by atoms with Gasteiger partial charge >= 0.3 is 5.97 Å². The van der Waals surface area contributed by atoms with E-state index in [2.05, 4.69) is 0 Å². The van der Waals surface area contributed by atoms with Crippen LogP contribution in [0.15, 0.2) is 42.5 Å². The van der Waals surface area contributed by atoms with E-state index in [4.69, 9.17) is 4.74 Å². The number of amides is 1. The number of carbonyl (C=O) groups is 2. The number of hydrogen-bond acceptors (Lipinski definition) is 5. The first-order valence-corrected chi connectivity index (χ1v) is 10.3. The molecule has 0 saturated carbocycles. The average Bonchev–Trinajstić information content (AvgIpc) is 2.99. The van der Waals surface area contributed by atoms with Gasteiger partial charge in [-0.3, -0.25) is 9.59 Å². The Morgan fingerprint density at radius 2 is 1.88 bits per heavy atom. The van der Waals surface area contributed by atoms with E-state index in [0.29, 0.717) is 6.42 Å². The molecule has 138 valence electrons. The molecule has 26 heavy (non-hydrogen) atoms. The van der Waals surface area contributed by atoms with Crippen molar-refractivity contribution in [3.8, 4) is 0 Å². The number of esters is 1. The summed E-state index contributed by atoms with van der Waals surface area (Å²) < 4.78 is 28.2. The van der Waals surface area contributed by atoms with Crippen molar-refractivity contribution in [2.24, 2.45) is 0 Å². The Hall–Kier alpha value is -2.41. The van der Waals surface area contributed by atoms with Gasteiger partial charge in [0.1, 0.15) is 0 Å². The minimum atomic E-state index is -3.07. The second-order valence-electron chi connectivity index (χ2n) is 6.54. The number of fused-ring (bicyclic) bond motifs is 1. The van der Waals surface area contributed by atoms with Gasteiger partial charge in [-0.1, -0.05) is 42.5 Å². The van der Waals surface area contributed by atoms with Crippen molar-refractivity contribution in [1.29, 1.82) is 0 Å². The first kappa shape index (κ1) is 18.4. The molecule has 2 aromatic carbocycles. The van der Waals surface area contributed by atoms with Crippen LogP contribution in [0.4, 0.5) is 0 Å². The normalized spacial score (nSPS) is 18.6. The molecule has 0 unspecified atom stereocenters. The molecule has 2 aromatic rings. The molecule has 0 aromatic heterocycles. The van der Waals surface area contributed by atoms with Gasteiger partial charge in [0.25, 0.3) is 5.91 Å². The summed E-state index contributed by atoms with van der Waals surface area (Å²) in [7, 11) is -1.52. The lowest BCUT2D eigenvalue weighted by molar-refractivity contribution is -0.151. The molecule has 1 atom stereocenters. The fourth-order valence-electron chi connectivity index (χ4n) is 3.18. The molecule has 0 N–H and O–H groups in total. The van der Waals surface area contributed by atoms with E-state index in [-0.39, 0.29) is 30.6 Å². The van der Waals surface area contributed by atoms with E-state index >= 15 is 0 Å². The first-order valence-electron chi connectivity index (χ1n) is 8.44. The van der Waals surface area contributed by atoms with Crippen LogP contribution in [0.3, 0.4) is 0 Å². The Morgan fingerprint density at radius 3 is 2.62 bits per heavy atom. The van der Waals surface area contributed by atoms with Crippen LogP contribution in [0, 0.1) is 0 Å².